The Labute approximate surface area is 184 Å². The van der Waals surface area contributed by atoms with Gasteiger partial charge in [-0.3, -0.25) is 9.59 Å². The molecule has 2 heterocycles. The smallest absolute Gasteiger partial charge is 0.246 e. The van der Waals surface area contributed by atoms with Crippen molar-refractivity contribution < 1.29 is 22.4 Å². The Bertz CT molecular complexity index is 1090. The van der Waals surface area contributed by atoms with E-state index in [0.717, 1.165) is 5.56 Å². The summed E-state index contributed by atoms with van der Waals surface area (Å²) < 4.78 is 41.0. The lowest BCUT2D eigenvalue weighted by atomic mass is 9.92. The number of piperazine rings is 1. The summed E-state index contributed by atoms with van der Waals surface area (Å²) in [5.41, 5.74) is 0.740. The van der Waals surface area contributed by atoms with E-state index in [2.05, 4.69) is 10.0 Å². The van der Waals surface area contributed by atoms with Crippen LogP contribution in [0.5, 0.6) is 0 Å². The van der Waals surface area contributed by atoms with Gasteiger partial charge in [0, 0.05) is 24.0 Å². The molecule has 2 aromatic carbocycles. The van der Waals surface area contributed by atoms with Crippen molar-refractivity contribution in [2.75, 3.05) is 6.54 Å². The number of carbonyl (C=O) groups is 2. The molecule has 2 amide bonds. The van der Waals surface area contributed by atoms with Gasteiger partial charge in [0.05, 0.1) is 4.90 Å². The van der Waals surface area contributed by atoms with Gasteiger partial charge >= 0.3 is 0 Å². The minimum atomic E-state index is -3.77. The Morgan fingerprint density at radius 2 is 1.77 bits per heavy atom. The molecule has 3 atom stereocenters. The zero-order valence-corrected chi connectivity index (χ0v) is 18.0. The third-order valence-electron chi connectivity index (χ3n) is 5.60. The molecule has 0 radical (unpaired) electrons. The van der Waals surface area contributed by atoms with Crippen molar-refractivity contribution >= 4 is 33.4 Å². The quantitative estimate of drug-likeness (QED) is 0.704. The molecular formula is C21H21ClFN3O4S. The molecule has 0 aromatic heterocycles. The Morgan fingerprint density at radius 1 is 1.10 bits per heavy atom. The number of sulfonamides is 1. The van der Waals surface area contributed by atoms with Crippen LogP contribution in [0.15, 0.2) is 53.4 Å². The molecule has 2 aliphatic heterocycles. The lowest BCUT2D eigenvalue weighted by molar-refractivity contribution is -0.151. The first kappa shape index (κ1) is 21.7. The normalized spacial score (nSPS) is 23.9. The molecule has 2 aliphatic rings. The molecule has 164 valence electrons. The number of halogens is 2. The van der Waals surface area contributed by atoms with Gasteiger partial charge < -0.3 is 10.2 Å². The zero-order chi connectivity index (χ0) is 22.2. The largest absolute Gasteiger partial charge is 0.342 e. The van der Waals surface area contributed by atoms with E-state index < -0.39 is 28.1 Å². The Hall–Kier alpha value is -2.49. The van der Waals surface area contributed by atoms with Gasteiger partial charge in [0.25, 0.3) is 0 Å². The summed E-state index contributed by atoms with van der Waals surface area (Å²) >= 11 is 5.82. The number of carbonyl (C=O) groups excluding carboxylic acids is 2. The molecule has 0 unspecified atom stereocenters. The number of benzene rings is 2. The van der Waals surface area contributed by atoms with Gasteiger partial charge in [-0.05, 0) is 54.8 Å². The number of hydrogen-bond acceptors (Lipinski definition) is 4. The molecule has 0 saturated carbocycles. The molecule has 2 N–H and O–H groups in total. The monoisotopic (exact) mass is 465 g/mol. The van der Waals surface area contributed by atoms with E-state index in [4.69, 9.17) is 11.6 Å². The van der Waals surface area contributed by atoms with Crippen molar-refractivity contribution in [2.24, 2.45) is 0 Å². The number of hydrogen-bond donors (Lipinski definition) is 2. The standard InChI is InChI=1S/C21H21ClFN3O4S/c22-14-3-7-17(8-4-14)31(29,30)25-16-9-10-26-19(12-16)20(27)24-18(21(26)28)11-13-1-5-15(23)6-2-13/h1-8,16,18-19,25H,9-12H2,(H,24,27)/t16-,18-,19-/m0/s1. The highest BCUT2D eigenvalue weighted by Crippen LogP contribution is 2.25. The van der Waals surface area contributed by atoms with E-state index in [1.54, 1.807) is 12.1 Å². The van der Waals surface area contributed by atoms with Gasteiger partial charge in [0.15, 0.2) is 0 Å². The van der Waals surface area contributed by atoms with Crippen LogP contribution in [0.3, 0.4) is 0 Å². The minimum Gasteiger partial charge on any atom is -0.342 e. The number of fused-ring (bicyclic) bond motifs is 1. The van der Waals surface area contributed by atoms with E-state index >= 15 is 0 Å². The summed E-state index contributed by atoms with van der Waals surface area (Å²) in [4.78, 5) is 27.2. The molecule has 2 fully saturated rings. The first-order valence-electron chi connectivity index (χ1n) is 9.86. The van der Waals surface area contributed by atoms with Crippen LogP contribution in [0.4, 0.5) is 4.39 Å². The Morgan fingerprint density at radius 3 is 2.45 bits per heavy atom. The predicted molar refractivity (Wildman–Crippen MR) is 112 cm³/mol. The molecule has 10 heteroatoms. The second kappa shape index (κ2) is 8.57. The van der Waals surface area contributed by atoms with Crippen LogP contribution in [0, 0.1) is 5.82 Å². The van der Waals surface area contributed by atoms with E-state index in [0.29, 0.717) is 11.4 Å². The molecule has 2 aromatic rings. The molecule has 0 bridgehead atoms. The summed E-state index contributed by atoms with van der Waals surface area (Å²) in [6, 6.07) is 9.66. The fraction of sp³-hybridized carbons (Fsp3) is 0.333. The van der Waals surface area contributed by atoms with Gasteiger partial charge in [0.2, 0.25) is 21.8 Å². The van der Waals surface area contributed by atoms with Crippen LogP contribution in [0.1, 0.15) is 18.4 Å². The van der Waals surface area contributed by atoms with Crippen molar-refractivity contribution in [3.8, 4) is 0 Å². The molecular weight excluding hydrogens is 445 g/mol. The number of nitrogens with one attached hydrogen (secondary N) is 2. The second-order valence-corrected chi connectivity index (χ2v) is 9.89. The summed E-state index contributed by atoms with van der Waals surface area (Å²) in [6.07, 6.45) is 0.847. The number of rotatable bonds is 5. The highest BCUT2D eigenvalue weighted by Gasteiger charge is 2.44. The maximum Gasteiger partial charge on any atom is 0.246 e. The predicted octanol–water partition coefficient (Wildman–Crippen LogP) is 1.86. The lowest BCUT2D eigenvalue weighted by Crippen LogP contribution is -2.67. The molecule has 2 saturated heterocycles. The van der Waals surface area contributed by atoms with Crippen LogP contribution in [0.2, 0.25) is 5.02 Å². The van der Waals surface area contributed by atoms with E-state index in [1.165, 1.54) is 41.3 Å². The van der Waals surface area contributed by atoms with Crippen LogP contribution < -0.4 is 10.0 Å². The fourth-order valence-corrected chi connectivity index (χ4v) is 5.42. The maximum absolute atomic E-state index is 13.1. The Kier molecular flexibility index (Phi) is 6.00. The Balaban J connectivity index is 1.42. The molecule has 0 spiro atoms. The molecule has 31 heavy (non-hydrogen) atoms. The van der Waals surface area contributed by atoms with Crippen LogP contribution in [-0.4, -0.2) is 49.8 Å². The SMILES string of the molecule is O=C1N[C@@H](Cc2ccc(F)cc2)C(=O)N2CC[C@H](NS(=O)(=O)c3ccc(Cl)cc3)C[C@@H]12. The van der Waals surface area contributed by atoms with Crippen molar-refractivity contribution in [3.63, 3.8) is 0 Å². The molecule has 4 rings (SSSR count). The van der Waals surface area contributed by atoms with Crippen molar-refractivity contribution in [1.29, 1.82) is 0 Å². The third kappa shape index (κ3) is 4.73. The first-order valence-corrected chi connectivity index (χ1v) is 11.7. The van der Waals surface area contributed by atoms with Gasteiger partial charge in [-0.1, -0.05) is 23.7 Å². The average Bonchev–Trinajstić information content (AvgIpc) is 2.73. The first-order chi connectivity index (χ1) is 14.7. The maximum atomic E-state index is 13.1. The van der Waals surface area contributed by atoms with Crippen LogP contribution in [-0.2, 0) is 26.0 Å². The lowest BCUT2D eigenvalue weighted by Gasteiger charge is -2.44. The molecule has 0 aliphatic carbocycles. The van der Waals surface area contributed by atoms with Gasteiger partial charge in [-0.2, -0.15) is 0 Å². The summed E-state index contributed by atoms with van der Waals surface area (Å²) in [5, 5.41) is 3.16. The number of nitrogens with zero attached hydrogens (tertiary/aromatic N) is 1. The van der Waals surface area contributed by atoms with Crippen LogP contribution >= 0.6 is 11.6 Å². The highest BCUT2D eigenvalue weighted by atomic mass is 35.5. The van der Waals surface area contributed by atoms with Crippen molar-refractivity contribution in [2.45, 2.75) is 42.3 Å². The van der Waals surface area contributed by atoms with Gasteiger partial charge in [-0.15, -0.1) is 0 Å². The van der Waals surface area contributed by atoms with E-state index in [-0.39, 0.29) is 41.9 Å². The van der Waals surface area contributed by atoms with Crippen molar-refractivity contribution in [3.05, 3.63) is 64.9 Å². The van der Waals surface area contributed by atoms with E-state index in [9.17, 15) is 22.4 Å². The van der Waals surface area contributed by atoms with Gasteiger partial charge in [0.1, 0.15) is 17.9 Å². The number of amides is 2. The highest BCUT2D eigenvalue weighted by molar-refractivity contribution is 7.89. The molecule has 7 nitrogen and oxygen atoms in total. The summed E-state index contributed by atoms with van der Waals surface area (Å²) in [5.74, 6) is -0.902. The minimum absolute atomic E-state index is 0.0860. The number of piperidine rings is 1. The van der Waals surface area contributed by atoms with Crippen molar-refractivity contribution in [1.82, 2.24) is 14.9 Å². The topological polar surface area (TPSA) is 95.6 Å². The second-order valence-electron chi connectivity index (χ2n) is 7.74. The third-order valence-corrected chi connectivity index (χ3v) is 7.39. The zero-order valence-electron chi connectivity index (χ0n) is 16.4. The fourth-order valence-electron chi connectivity index (χ4n) is 4.01. The van der Waals surface area contributed by atoms with E-state index in [1.807, 2.05) is 0 Å². The van der Waals surface area contributed by atoms with Gasteiger partial charge in [-0.25, -0.2) is 17.5 Å². The average molecular weight is 466 g/mol. The summed E-state index contributed by atoms with van der Waals surface area (Å²) in [6.45, 7) is 0.268. The van der Waals surface area contributed by atoms with Crippen LogP contribution in [0.25, 0.3) is 0 Å². The summed E-state index contributed by atoms with van der Waals surface area (Å²) in [7, 11) is -3.77.